The van der Waals surface area contributed by atoms with Crippen LogP contribution < -0.4 is 10.6 Å². The van der Waals surface area contributed by atoms with E-state index in [1.165, 1.54) is 18.9 Å². The van der Waals surface area contributed by atoms with E-state index in [4.69, 9.17) is 0 Å². The SMILES string of the molecule is O=C(CCC1CCNCC1)NC1CC1c1cccc(F)c1. The highest BCUT2D eigenvalue weighted by Crippen LogP contribution is 2.40. The number of piperidine rings is 1. The molecule has 1 heterocycles. The molecule has 1 aliphatic heterocycles. The van der Waals surface area contributed by atoms with E-state index in [1.54, 1.807) is 12.1 Å². The molecule has 2 aliphatic rings. The van der Waals surface area contributed by atoms with E-state index in [-0.39, 0.29) is 17.8 Å². The molecule has 0 aromatic heterocycles. The van der Waals surface area contributed by atoms with Crippen LogP contribution in [-0.4, -0.2) is 25.0 Å². The maximum absolute atomic E-state index is 13.2. The molecule has 2 unspecified atom stereocenters. The van der Waals surface area contributed by atoms with Gasteiger partial charge in [-0.2, -0.15) is 0 Å². The van der Waals surface area contributed by atoms with Crippen LogP contribution in [0.4, 0.5) is 4.39 Å². The highest BCUT2D eigenvalue weighted by Gasteiger charge is 2.39. The highest BCUT2D eigenvalue weighted by atomic mass is 19.1. The average Bonchev–Trinajstić information content (AvgIpc) is 3.25. The smallest absolute Gasteiger partial charge is 0.220 e. The van der Waals surface area contributed by atoms with Crippen LogP contribution in [-0.2, 0) is 4.79 Å². The van der Waals surface area contributed by atoms with Gasteiger partial charge in [0.1, 0.15) is 5.82 Å². The van der Waals surface area contributed by atoms with Crippen LogP contribution in [0.3, 0.4) is 0 Å². The molecule has 2 fully saturated rings. The van der Waals surface area contributed by atoms with Crippen LogP contribution in [0, 0.1) is 11.7 Å². The molecule has 1 aromatic rings. The van der Waals surface area contributed by atoms with E-state index in [2.05, 4.69) is 10.6 Å². The van der Waals surface area contributed by atoms with Gasteiger partial charge in [-0.25, -0.2) is 4.39 Å². The van der Waals surface area contributed by atoms with Crippen LogP contribution in [0.2, 0.25) is 0 Å². The third-order valence-electron chi connectivity index (χ3n) is 4.65. The summed E-state index contributed by atoms with van der Waals surface area (Å²) in [5.74, 6) is 0.937. The first-order valence-corrected chi connectivity index (χ1v) is 7.98. The zero-order valence-corrected chi connectivity index (χ0v) is 12.3. The third-order valence-corrected chi connectivity index (χ3v) is 4.65. The molecule has 0 spiro atoms. The first-order valence-electron chi connectivity index (χ1n) is 7.98. The molecule has 114 valence electrons. The van der Waals surface area contributed by atoms with E-state index in [0.717, 1.165) is 31.5 Å². The summed E-state index contributed by atoms with van der Waals surface area (Å²) >= 11 is 0. The molecule has 3 nitrogen and oxygen atoms in total. The van der Waals surface area contributed by atoms with Crippen molar-refractivity contribution in [3.8, 4) is 0 Å². The molecular weight excluding hydrogens is 267 g/mol. The Hall–Kier alpha value is -1.42. The molecule has 0 bridgehead atoms. The largest absolute Gasteiger partial charge is 0.353 e. The molecule has 21 heavy (non-hydrogen) atoms. The Balaban J connectivity index is 1.40. The number of hydrogen-bond acceptors (Lipinski definition) is 2. The number of carbonyl (C=O) groups excluding carboxylic acids is 1. The third kappa shape index (κ3) is 4.03. The van der Waals surface area contributed by atoms with Crippen molar-refractivity contribution in [3.05, 3.63) is 35.6 Å². The second-order valence-corrected chi connectivity index (χ2v) is 6.30. The summed E-state index contributed by atoms with van der Waals surface area (Å²) in [6, 6.07) is 6.91. The number of amides is 1. The summed E-state index contributed by atoms with van der Waals surface area (Å²) in [7, 11) is 0. The van der Waals surface area contributed by atoms with Gasteiger partial charge in [0.25, 0.3) is 0 Å². The first-order chi connectivity index (χ1) is 10.2. The molecule has 1 aliphatic carbocycles. The van der Waals surface area contributed by atoms with Gasteiger partial charge in [0.15, 0.2) is 0 Å². The Morgan fingerprint density at radius 2 is 2.14 bits per heavy atom. The van der Waals surface area contributed by atoms with E-state index in [9.17, 15) is 9.18 Å². The predicted octanol–water partition coefficient (Wildman–Crippen LogP) is 2.58. The minimum atomic E-state index is -0.199. The first kappa shape index (κ1) is 14.5. The van der Waals surface area contributed by atoms with E-state index < -0.39 is 0 Å². The average molecular weight is 290 g/mol. The summed E-state index contributed by atoms with van der Waals surface area (Å²) < 4.78 is 13.2. The molecule has 1 saturated carbocycles. The number of nitrogens with one attached hydrogen (secondary N) is 2. The normalized spacial score (nSPS) is 25.6. The molecule has 2 N–H and O–H groups in total. The molecule has 3 rings (SSSR count). The van der Waals surface area contributed by atoms with Crippen molar-refractivity contribution in [2.45, 2.75) is 44.1 Å². The van der Waals surface area contributed by atoms with Gasteiger partial charge in [0, 0.05) is 18.4 Å². The topological polar surface area (TPSA) is 41.1 Å². The van der Waals surface area contributed by atoms with Gasteiger partial charge >= 0.3 is 0 Å². The highest BCUT2D eigenvalue weighted by molar-refractivity contribution is 5.76. The number of rotatable bonds is 5. The van der Waals surface area contributed by atoms with Crippen molar-refractivity contribution < 1.29 is 9.18 Å². The van der Waals surface area contributed by atoms with Gasteiger partial charge in [-0.1, -0.05) is 12.1 Å². The summed E-state index contributed by atoms with van der Waals surface area (Å²) in [5, 5.41) is 6.43. The van der Waals surface area contributed by atoms with E-state index in [1.807, 2.05) is 6.07 Å². The fourth-order valence-corrected chi connectivity index (χ4v) is 3.24. The molecular formula is C17H23FN2O. The Bertz CT molecular complexity index is 499. The Morgan fingerprint density at radius 3 is 2.90 bits per heavy atom. The van der Waals surface area contributed by atoms with Crippen LogP contribution >= 0.6 is 0 Å². The molecule has 1 aromatic carbocycles. The lowest BCUT2D eigenvalue weighted by Gasteiger charge is -2.22. The van der Waals surface area contributed by atoms with Crippen molar-refractivity contribution in [2.75, 3.05) is 13.1 Å². The Morgan fingerprint density at radius 1 is 1.33 bits per heavy atom. The maximum atomic E-state index is 13.2. The zero-order chi connectivity index (χ0) is 14.7. The van der Waals surface area contributed by atoms with Gasteiger partial charge < -0.3 is 10.6 Å². The van der Waals surface area contributed by atoms with E-state index in [0.29, 0.717) is 18.3 Å². The Kier molecular flexibility index (Phi) is 4.54. The van der Waals surface area contributed by atoms with Crippen molar-refractivity contribution >= 4 is 5.91 Å². The minimum absolute atomic E-state index is 0.150. The zero-order valence-electron chi connectivity index (χ0n) is 12.3. The van der Waals surface area contributed by atoms with Crippen molar-refractivity contribution in [2.24, 2.45) is 5.92 Å². The van der Waals surface area contributed by atoms with Gasteiger partial charge in [-0.05, 0) is 62.4 Å². The van der Waals surface area contributed by atoms with Crippen LogP contribution in [0.15, 0.2) is 24.3 Å². The second kappa shape index (κ2) is 6.56. The number of hydrogen-bond donors (Lipinski definition) is 2. The monoisotopic (exact) mass is 290 g/mol. The van der Waals surface area contributed by atoms with Gasteiger partial charge in [0.2, 0.25) is 5.91 Å². The number of carbonyl (C=O) groups is 1. The lowest BCUT2D eigenvalue weighted by Crippen LogP contribution is -2.30. The minimum Gasteiger partial charge on any atom is -0.353 e. The van der Waals surface area contributed by atoms with Crippen molar-refractivity contribution in [1.82, 2.24) is 10.6 Å². The fourth-order valence-electron chi connectivity index (χ4n) is 3.24. The van der Waals surface area contributed by atoms with E-state index >= 15 is 0 Å². The predicted molar refractivity (Wildman–Crippen MR) is 80.5 cm³/mol. The van der Waals surface area contributed by atoms with Gasteiger partial charge in [-0.15, -0.1) is 0 Å². The summed E-state index contributed by atoms with van der Waals surface area (Å²) in [6.07, 6.45) is 4.91. The molecule has 4 heteroatoms. The van der Waals surface area contributed by atoms with Crippen molar-refractivity contribution in [3.63, 3.8) is 0 Å². The Labute approximate surface area is 125 Å². The molecule has 1 saturated heterocycles. The summed E-state index contributed by atoms with van der Waals surface area (Å²) in [4.78, 5) is 12.0. The molecule has 1 amide bonds. The molecule has 0 radical (unpaired) electrons. The van der Waals surface area contributed by atoms with Crippen LogP contribution in [0.25, 0.3) is 0 Å². The quantitative estimate of drug-likeness (QED) is 0.875. The summed E-state index contributed by atoms with van der Waals surface area (Å²) in [6.45, 7) is 2.16. The fraction of sp³-hybridized carbons (Fsp3) is 0.588. The van der Waals surface area contributed by atoms with Gasteiger partial charge in [0.05, 0.1) is 0 Å². The van der Waals surface area contributed by atoms with Crippen LogP contribution in [0.1, 0.15) is 43.6 Å². The standard InChI is InChI=1S/C17H23FN2O/c18-14-3-1-2-13(10-14)15-11-16(15)20-17(21)5-4-12-6-8-19-9-7-12/h1-3,10,12,15-16,19H,4-9,11H2,(H,20,21). The lowest BCUT2D eigenvalue weighted by atomic mass is 9.93. The maximum Gasteiger partial charge on any atom is 0.220 e. The lowest BCUT2D eigenvalue weighted by molar-refractivity contribution is -0.121. The number of halogens is 1. The molecule has 2 atom stereocenters. The summed E-state index contributed by atoms with van der Waals surface area (Å²) in [5.41, 5.74) is 0.999. The van der Waals surface area contributed by atoms with Gasteiger partial charge in [-0.3, -0.25) is 4.79 Å². The number of benzene rings is 1. The van der Waals surface area contributed by atoms with Crippen LogP contribution in [0.5, 0.6) is 0 Å². The second-order valence-electron chi connectivity index (χ2n) is 6.30. The van der Waals surface area contributed by atoms with Crippen molar-refractivity contribution in [1.29, 1.82) is 0 Å².